The van der Waals surface area contributed by atoms with Crippen molar-refractivity contribution in [2.24, 2.45) is 0 Å². The van der Waals surface area contributed by atoms with Gasteiger partial charge in [0.1, 0.15) is 0 Å². The number of benzene rings is 3. The summed E-state index contributed by atoms with van der Waals surface area (Å²) in [6.07, 6.45) is 0. The maximum atomic E-state index is 2.23. The summed E-state index contributed by atoms with van der Waals surface area (Å²) in [6.45, 7) is 0. The maximum Gasteiger partial charge on any atom is 0 e. The van der Waals surface area contributed by atoms with Gasteiger partial charge in [0.2, 0.25) is 0 Å². The van der Waals surface area contributed by atoms with Crippen LogP contribution >= 0.6 is 7.92 Å². The van der Waals surface area contributed by atoms with E-state index in [1.165, 1.54) is 15.9 Å². The molecule has 2 radical (unpaired) electrons. The van der Waals surface area contributed by atoms with Crippen molar-refractivity contribution >= 4 is 23.8 Å². The summed E-state index contributed by atoms with van der Waals surface area (Å²) in [5.41, 5.74) is 0. The minimum absolute atomic E-state index is 0. The smallest absolute Gasteiger partial charge is 0 e. The molecule has 3 aromatic rings. The van der Waals surface area contributed by atoms with Gasteiger partial charge in [-0.1, -0.05) is 91.0 Å². The summed E-state index contributed by atoms with van der Waals surface area (Å²) in [5.74, 6) is 0. The molecule has 3 aromatic carbocycles. The zero-order chi connectivity index (χ0) is 12.9. The van der Waals surface area contributed by atoms with Gasteiger partial charge in [-0.25, -0.2) is 0 Å². The fraction of sp³-hybridized carbons (Fsp3) is 0. The Balaban J connectivity index is 0.00000110. The molecule has 0 fully saturated rings. The second-order valence-electron chi connectivity index (χ2n) is 4.34. The van der Waals surface area contributed by atoms with Crippen LogP contribution in [0.3, 0.4) is 0 Å². The Bertz CT molecular complexity index is 535. The normalized spacial score (nSPS) is 9.57. The second kappa shape index (κ2) is 9.28. The van der Waals surface area contributed by atoms with Crippen LogP contribution in [0.25, 0.3) is 0 Å². The van der Waals surface area contributed by atoms with E-state index >= 15 is 0 Å². The fourth-order valence-electron chi connectivity index (χ4n) is 2.18. The van der Waals surface area contributed by atoms with Gasteiger partial charge in [0.25, 0.3) is 0 Å². The molecule has 110 valence electrons. The van der Waals surface area contributed by atoms with Crippen molar-refractivity contribution in [2.45, 2.75) is 0 Å². The van der Waals surface area contributed by atoms with Gasteiger partial charge < -0.3 is 0 Å². The van der Waals surface area contributed by atoms with E-state index in [2.05, 4.69) is 91.0 Å². The Hall–Kier alpha value is -0.780. The largest absolute Gasteiger partial charge is 0.0622 e. The summed E-state index contributed by atoms with van der Waals surface area (Å²) in [5, 5.41) is 4.19. The first-order valence-corrected chi connectivity index (χ1v) is 7.74. The molecule has 0 N–H and O–H groups in total. The Labute approximate surface area is 150 Å². The molecule has 0 aliphatic rings. The third kappa shape index (κ3) is 4.59. The van der Waals surface area contributed by atoms with Crippen molar-refractivity contribution < 1.29 is 36.3 Å². The molecule has 0 saturated carbocycles. The molecule has 0 nitrogen and oxygen atoms in total. The van der Waals surface area contributed by atoms with E-state index in [0.29, 0.717) is 0 Å². The first kappa shape index (κ1) is 18.3. The Kier molecular flexibility index (Phi) is 8.07. The first-order valence-electron chi connectivity index (χ1n) is 6.40. The first-order chi connectivity index (χ1) is 9.45. The zero-order valence-electron chi connectivity index (χ0n) is 11.3. The molecule has 0 heterocycles. The molecule has 21 heavy (non-hydrogen) atoms. The molecule has 3 rings (SSSR count). The van der Waals surface area contributed by atoms with E-state index in [1.807, 2.05) is 0 Å². The minimum atomic E-state index is -0.446. The van der Waals surface area contributed by atoms with Crippen LogP contribution in [-0.2, 0) is 36.3 Å². The van der Waals surface area contributed by atoms with Gasteiger partial charge in [0.05, 0.1) is 0 Å². The summed E-state index contributed by atoms with van der Waals surface area (Å²) in [7, 11) is -0.446. The number of hydrogen-bond acceptors (Lipinski definition) is 0. The van der Waals surface area contributed by atoms with Crippen LogP contribution in [0, 0.1) is 0 Å². The van der Waals surface area contributed by atoms with Crippen molar-refractivity contribution in [3.63, 3.8) is 0 Å². The van der Waals surface area contributed by atoms with Gasteiger partial charge in [-0.05, 0) is 23.8 Å². The molecule has 0 saturated heterocycles. The van der Waals surface area contributed by atoms with Crippen LogP contribution in [0.4, 0.5) is 0 Å². The Morgan fingerprint density at radius 2 is 0.667 bits per heavy atom. The molecule has 0 unspecified atom stereocenters. The fourth-order valence-corrected chi connectivity index (χ4v) is 4.48. The van der Waals surface area contributed by atoms with E-state index in [4.69, 9.17) is 0 Å². The SMILES string of the molecule is [Co].[Rh].c1ccc(P(c2ccccc2)c2ccccc2)cc1. The zero-order valence-corrected chi connectivity index (χ0v) is 14.8. The van der Waals surface area contributed by atoms with Crippen molar-refractivity contribution in [3.8, 4) is 0 Å². The van der Waals surface area contributed by atoms with Crippen molar-refractivity contribution in [1.82, 2.24) is 0 Å². The van der Waals surface area contributed by atoms with Crippen molar-refractivity contribution in [1.29, 1.82) is 0 Å². The molecule has 0 atom stereocenters. The Morgan fingerprint density at radius 3 is 0.905 bits per heavy atom. The average molecular weight is 424 g/mol. The van der Waals surface area contributed by atoms with Gasteiger partial charge in [-0.2, -0.15) is 0 Å². The van der Waals surface area contributed by atoms with Gasteiger partial charge in [0, 0.05) is 36.3 Å². The molecule has 0 bridgehead atoms. The van der Waals surface area contributed by atoms with E-state index < -0.39 is 7.92 Å². The molecule has 0 aromatic heterocycles. The van der Waals surface area contributed by atoms with Crippen molar-refractivity contribution in [3.05, 3.63) is 91.0 Å². The molecule has 0 amide bonds. The number of hydrogen-bond donors (Lipinski definition) is 0. The molecular weight excluding hydrogens is 409 g/mol. The van der Waals surface area contributed by atoms with Crippen LogP contribution < -0.4 is 15.9 Å². The predicted molar refractivity (Wildman–Crippen MR) is 85.1 cm³/mol. The van der Waals surface area contributed by atoms with Gasteiger partial charge in [0.15, 0.2) is 0 Å². The van der Waals surface area contributed by atoms with E-state index in [1.54, 1.807) is 0 Å². The molecule has 0 aliphatic heterocycles. The van der Waals surface area contributed by atoms with Crippen molar-refractivity contribution in [2.75, 3.05) is 0 Å². The quantitative estimate of drug-likeness (QED) is 0.447. The molecule has 3 heteroatoms. The van der Waals surface area contributed by atoms with Crippen LogP contribution in [0.2, 0.25) is 0 Å². The Morgan fingerprint density at radius 1 is 0.429 bits per heavy atom. The van der Waals surface area contributed by atoms with Crippen LogP contribution in [0.5, 0.6) is 0 Å². The van der Waals surface area contributed by atoms with E-state index in [9.17, 15) is 0 Å². The number of rotatable bonds is 3. The summed E-state index contributed by atoms with van der Waals surface area (Å²) < 4.78 is 0. The minimum Gasteiger partial charge on any atom is -0.0622 e. The van der Waals surface area contributed by atoms with Crippen LogP contribution in [0.15, 0.2) is 91.0 Å². The third-order valence-corrected chi connectivity index (χ3v) is 5.49. The predicted octanol–water partition coefficient (Wildman–Crippen LogP) is 3.44. The molecule has 0 spiro atoms. The summed E-state index contributed by atoms with van der Waals surface area (Å²) in [6, 6.07) is 32.3. The average Bonchev–Trinajstić information content (AvgIpc) is 2.51. The van der Waals surface area contributed by atoms with E-state index in [-0.39, 0.29) is 36.3 Å². The summed E-state index contributed by atoms with van der Waals surface area (Å²) in [4.78, 5) is 0. The second-order valence-corrected chi connectivity index (χ2v) is 6.56. The van der Waals surface area contributed by atoms with Gasteiger partial charge in [-0.3, -0.25) is 0 Å². The topological polar surface area (TPSA) is 0 Å². The van der Waals surface area contributed by atoms with E-state index in [0.717, 1.165) is 0 Å². The monoisotopic (exact) mass is 424 g/mol. The van der Waals surface area contributed by atoms with Gasteiger partial charge in [-0.15, -0.1) is 0 Å². The van der Waals surface area contributed by atoms with Gasteiger partial charge >= 0.3 is 0 Å². The standard InChI is InChI=1S/C18H15P.Co.Rh/c1-4-10-16(11-5-1)19(17-12-6-2-7-13-17)18-14-8-3-9-15-18;;/h1-15H;;. The summed E-state index contributed by atoms with van der Waals surface area (Å²) >= 11 is 0. The molecule has 0 aliphatic carbocycles. The van der Waals surface area contributed by atoms with Crippen LogP contribution in [0.1, 0.15) is 0 Å². The van der Waals surface area contributed by atoms with Crippen LogP contribution in [-0.4, -0.2) is 0 Å². The molecular formula is C18H15CoPRh. The third-order valence-electron chi connectivity index (χ3n) is 3.04. The maximum absolute atomic E-state index is 2.23.